The highest BCUT2D eigenvalue weighted by Gasteiger charge is 2.27. The van der Waals surface area contributed by atoms with Crippen molar-refractivity contribution in [3.05, 3.63) is 34.4 Å². The first-order chi connectivity index (χ1) is 6.89. The predicted octanol–water partition coefficient (Wildman–Crippen LogP) is 2.90. The van der Waals surface area contributed by atoms with Crippen LogP contribution in [-0.2, 0) is 6.42 Å². The summed E-state index contributed by atoms with van der Waals surface area (Å²) in [7, 11) is 0. The summed E-state index contributed by atoms with van der Waals surface area (Å²) in [5, 5.41) is 3.39. The largest absolute Gasteiger partial charge is 0.371 e. The van der Waals surface area contributed by atoms with Crippen LogP contribution < -0.4 is 5.32 Å². The third-order valence-electron chi connectivity index (χ3n) is 3.05. The van der Waals surface area contributed by atoms with Crippen LogP contribution in [0.5, 0.6) is 0 Å². The van der Waals surface area contributed by atoms with E-state index in [1.54, 1.807) is 0 Å². The lowest BCUT2D eigenvalue weighted by Crippen LogP contribution is -2.48. The van der Waals surface area contributed by atoms with Gasteiger partial charge in [0.15, 0.2) is 0 Å². The molecule has 0 radical (unpaired) electrons. The van der Waals surface area contributed by atoms with E-state index < -0.39 is 0 Å². The zero-order valence-electron chi connectivity index (χ0n) is 9.77. The highest BCUT2D eigenvalue weighted by Crippen LogP contribution is 2.25. The summed E-state index contributed by atoms with van der Waals surface area (Å²) in [6, 6.07) is 4.48. The van der Waals surface area contributed by atoms with Crippen molar-refractivity contribution < 1.29 is 0 Å². The monoisotopic (exact) mass is 219 g/mol. The molecule has 80 valence electrons. The zero-order chi connectivity index (χ0) is 11.2. The molecule has 2 heteroatoms. The van der Waals surface area contributed by atoms with E-state index in [2.05, 4.69) is 45.1 Å². The lowest BCUT2D eigenvalue weighted by molar-refractivity contribution is 0.451. The van der Waals surface area contributed by atoms with Gasteiger partial charge in [0.25, 0.3) is 0 Å². The Morgan fingerprint density at radius 3 is 2.47 bits per heavy atom. The summed E-state index contributed by atoms with van der Waals surface area (Å²) in [5.74, 6) is 0. The van der Waals surface area contributed by atoms with Gasteiger partial charge in [0, 0.05) is 11.1 Å². The van der Waals surface area contributed by atoms with Crippen molar-refractivity contribution in [2.45, 2.75) is 39.7 Å². The minimum atomic E-state index is 0.0891. The number of aryl methyl sites for hydroxylation is 2. The maximum Gasteiger partial charge on any atom is 0.107 e. The van der Waals surface area contributed by atoms with Crippen LogP contribution in [0.15, 0.2) is 12.1 Å². The third kappa shape index (κ3) is 1.91. The van der Waals surface area contributed by atoms with Crippen LogP contribution in [0.1, 0.15) is 36.1 Å². The van der Waals surface area contributed by atoms with Crippen LogP contribution in [0.3, 0.4) is 0 Å². The Hall–Kier alpha value is -0.890. The number of fused-ring (bicyclic) bond motifs is 1. The summed E-state index contributed by atoms with van der Waals surface area (Å²) in [5.41, 5.74) is 5.36. The van der Waals surface area contributed by atoms with E-state index in [4.69, 9.17) is 12.2 Å². The van der Waals surface area contributed by atoms with Crippen molar-refractivity contribution in [2.75, 3.05) is 0 Å². The molecule has 15 heavy (non-hydrogen) atoms. The fourth-order valence-electron chi connectivity index (χ4n) is 2.13. The second-order valence-electron chi connectivity index (χ2n) is 5.11. The Morgan fingerprint density at radius 1 is 1.20 bits per heavy atom. The number of benzene rings is 1. The highest BCUT2D eigenvalue weighted by atomic mass is 32.1. The van der Waals surface area contributed by atoms with Crippen molar-refractivity contribution in [3.8, 4) is 0 Å². The van der Waals surface area contributed by atoms with Gasteiger partial charge in [0.1, 0.15) is 4.99 Å². The average Bonchev–Trinajstić information content (AvgIpc) is 2.07. The van der Waals surface area contributed by atoms with Crippen LogP contribution in [0, 0.1) is 13.8 Å². The van der Waals surface area contributed by atoms with Gasteiger partial charge in [-0.3, -0.25) is 0 Å². The van der Waals surface area contributed by atoms with Gasteiger partial charge in [0.2, 0.25) is 0 Å². The van der Waals surface area contributed by atoms with Crippen LogP contribution >= 0.6 is 12.2 Å². The molecule has 1 nitrogen and oxygen atoms in total. The van der Waals surface area contributed by atoms with Gasteiger partial charge in [-0.15, -0.1) is 0 Å². The van der Waals surface area contributed by atoms with Crippen molar-refractivity contribution in [3.63, 3.8) is 0 Å². The molecule has 0 spiro atoms. The number of rotatable bonds is 0. The van der Waals surface area contributed by atoms with E-state index in [9.17, 15) is 0 Å². The molecule has 2 rings (SSSR count). The first kappa shape index (κ1) is 10.6. The van der Waals surface area contributed by atoms with Crippen LogP contribution in [0.2, 0.25) is 0 Å². The first-order valence-corrected chi connectivity index (χ1v) is 5.72. The van der Waals surface area contributed by atoms with Crippen molar-refractivity contribution >= 4 is 17.2 Å². The van der Waals surface area contributed by atoms with Gasteiger partial charge in [0.05, 0.1) is 0 Å². The first-order valence-electron chi connectivity index (χ1n) is 5.32. The molecule has 1 aliphatic rings. The highest BCUT2D eigenvalue weighted by molar-refractivity contribution is 7.80. The molecule has 0 bridgehead atoms. The minimum absolute atomic E-state index is 0.0891. The molecule has 0 aliphatic carbocycles. The van der Waals surface area contributed by atoms with E-state index >= 15 is 0 Å². The van der Waals surface area contributed by atoms with E-state index in [1.165, 1.54) is 22.3 Å². The van der Waals surface area contributed by atoms with Gasteiger partial charge in [-0.05, 0) is 56.9 Å². The molecule has 0 atom stereocenters. The molecule has 0 unspecified atom stereocenters. The van der Waals surface area contributed by atoms with Crippen molar-refractivity contribution in [2.24, 2.45) is 0 Å². The fourth-order valence-corrected chi connectivity index (χ4v) is 2.59. The van der Waals surface area contributed by atoms with E-state index in [-0.39, 0.29) is 5.54 Å². The molecule has 0 aromatic heterocycles. The van der Waals surface area contributed by atoms with Gasteiger partial charge in [-0.1, -0.05) is 18.3 Å². The molecule has 1 aromatic carbocycles. The summed E-state index contributed by atoms with van der Waals surface area (Å²) >= 11 is 5.40. The lowest BCUT2D eigenvalue weighted by atomic mass is 9.86. The van der Waals surface area contributed by atoms with E-state index in [0.717, 1.165) is 11.4 Å². The maximum atomic E-state index is 5.40. The van der Waals surface area contributed by atoms with Gasteiger partial charge in [-0.25, -0.2) is 0 Å². The van der Waals surface area contributed by atoms with E-state index in [1.807, 2.05) is 0 Å². The summed E-state index contributed by atoms with van der Waals surface area (Å²) in [6.45, 7) is 8.68. The number of thiocarbonyl (C=S) groups is 1. The van der Waals surface area contributed by atoms with Crippen molar-refractivity contribution in [1.82, 2.24) is 5.32 Å². The Kier molecular flexibility index (Phi) is 2.34. The molecule has 1 aromatic rings. The Morgan fingerprint density at radius 2 is 1.80 bits per heavy atom. The zero-order valence-corrected chi connectivity index (χ0v) is 10.6. The quantitative estimate of drug-likeness (QED) is 0.673. The van der Waals surface area contributed by atoms with Crippen LogP contribution in [-0.4, -0.2) is 10.5 Å². The molecule has 0 saturated heterocycles. The molecule has 1 aliphatic heterocycles. The van der Waals surface area contributed by atoms with Gasteiger partial charge >= 0.3 is 0 Å². The second kappa shape index (κ2) is 3.31. The standard InChI is InChI=1S/C13H17NS/c1-8-5-10-7-13(3,4)14-12(15)11(10)6-9(8)2/h5-6H,7H2,1-4H3,(H,14,15). The van der Waals surface area contributed by atoms with Crippen LogP contribution in [0.25, 0.3) is 0 Å². The summed E-state index contributed by atoms with van der Waals surface area (Å²) in [6.07, 6.45) is 1.05. The number of hydrogen-bond donors (Lipinski definition) is 1. The second-order valence-corrected chi connectivity index (χ2v) is 5.52. The third-order valence-corrected chi connectivity index (χ3v) is 3.37. The van der Waals surface area contributed by atoms with Crippen molar-refractivity contribution in [1.29, 1.82) is 0 Å². The average molecular weight is 219 g/mol. The van der Waals surface area contributed by atoms with Gasteiger partial charge in [-0.2, -0.15) is 0 Å². The Bertz CT molecular complexity index is 432. The van der Waals surface area contributed by atoms with Crippen LogP contribution in [0.4, 0.5) is 0 Å². The molecule has 0 fully saturated rings. The topological polar surface area (TPSA) is 12.0 Å². The summed E-state index contributed by atoms with van der Waals surface area (Å²) in [4.78, 5) is 0.893. The molecule has 1 N–H and O–H groups in total. The Balaban J connectivity index is 2.56. The molecule has 0 saturated carbocycles. The lowest BCUT2D eigenvalue weighted by Gasteiger charge is -2.34. The summed E-state index contributed by atoms with van der Waals surface area (Å²) < 4.78 is 0. The number of nitrogens with one attached hydrogen (secondary N) is 1. The van der Waals surface area contributed by atoms with Gasteiger partial charge < -0.3 is 5.32 Å². The SMILES string of the molecule is Cc1cc2c(cc1C)C(=S)NC(C)(C)C2. The van der Waals surface area contributed by atoms with E-state index in [0.29, 0.717) is 0 Å². The molecule has 1 heterocycles. The molecular weight excluding hydrogens is 202 g/mol. The predicted molar refractivity (Wildman–Crippen MR) is 68.5 cm³/mol. The smallest absolute Gasteiger partial charge is 0.107 e. The maximum absolute atomic E-state index is 5.40. The normalized spacial score (nSPS) is 18.3. The number of hydrogen-bond acceptors (Lipinski definition) is 1. The molecule has 0 amide bonds. The fraction of sp³-hybridized carbons (Fsp3) is 0.462. The molecular formula is C13H17NS. The Labute approximate surface area is 96.9 Å². The minimum Gasteiger partial charge on any atom is -0.371 e.